The lowest BCUT2D eigenvalue weighted by atomic mass is 10.0. The molecule has 0 aliphatic carbocycles. The zero-order valence-electron chi connectivity index (χ0n) is 12.1. The van der Waals surface area contributed by atoms with E-state index in [4.69, 9.17) is 5.73 Å². The fourth-order valence-corrected chi connectivity index (χ4v) is 2.77. The van der Waals surface area contributed by atoms with Crippen LogP contribution in [0.1, 0.15) is 49.0 Å². The van der Waals surface area contributed by atoms with Crippen LogP contribution in [0, 0.1) is 5.92 Å². The van der Waals surface area contributed by atoms with Crippen LogP contribution in [0.3, 0.4) is 0 Å². The molecule has 104 valence electrons. The minimum absolute atomic E-state index is 0.138. The summed E-state index contributed by atoms with van der Waals surface area (Å²) >= 11 is 0. The Labute approximate surface area is 115 Å². The van der Waals surface area contributed by atoms with Gasteiger partial charge < -0.3 is 10.6 Å². The average molecular weight is 260 g/mol. The molecular formula is C16H24N2O. The van der Waals surface area contributed by atoms with Gasteiger partial charge in [0.1, 0.15) is 0 Å². The molecule has 3 nitrogen and oxygen atoms in total. The van der Waals surface area contributed by atoms with Crippen LogP contribution in [0.4, 0.5) is 0 Å². The second-order valence-electron chi connectivity index (χ2n) is 5.92. The van der Waals surface area contributed by atoms with E-state index in [9.17, 15) is 4.79 Å². The minimum Gasteiger partial charge on any atom is -0.336 e. The molecule has 2 unspecified atom stereocenters. The van der Waals surface area contributed by atoms with Crippen molar-refractivity contribution in [3.05, 3.63) is 35.4 Å². The third-order valence-corrected chi connectivity index (χ3v) is 4.08. The molecule has 1 heterocycles. The first-order valence-electron chi connectivity index (χ1n) is 7.14. The smallest absolute Gasteiger partial charge is 0.254 e. The second kappa shape index (κ2) is 5.74. The van der Waals surface area contributed by atoms with Crippen LogP contribution in [-0.4, -0.2) is 29.9 Å². The van der Waals surface area contributed by atoms with Gasteiger partial charge in [-0.3, -0.25) is 4.79 Å². The Bertz CT molecular complexity index is 439. The summed E-state index contributed by atoms with van der Waals surface area (Å²) in [5.41, 5.74) is 7.77. The maximum Gasteiger partial charge on any atom is 0.254 e. The van der Waals surface area contributed by atoms with Gasteiger partial charge in [0.05, 0.1) is 0 Å². The van der Waals surface area contributed by atoms with Crippen LogP contribution >= 0.6 is 0 Å². The Morgan fingerprint density at radius 1 is 1.37 bits per heavy atom. The van der Waals surface area contributed by atoms with E-state index in [0.29, 0.717) is 24.4 Å². The highest BCUT2D eigenvalue weighted by Crippen LogP contribution is 2.24. The predicted molar refractivity (Wildman–Crippen MR) is 78.2 cm³/mol. The monoisotopic (exact) mass is 260 g/mol. The van der Waals surface area contributed by atoms with Gasteiger partial charge >= 0.3 is 0 Å². The van der Waals surface area contributed by atoms with Crippen LogP contribution in [0.15, 0.2) is 24.3 Å². The molecule has 1 aromatic rings. The van der Waals surface area contributed by atoms with Gasteiger partial charge in [-0.1, -0.05) is 26.0 Å². The molecule has 1 aliphatic rings. The van der Waals surface area contributed by atoms with Crippen LogP contribution in [0.25, 0.3) is 0 Å². The molecule has 2 atom stereocenters. The summed E-state index contributed by atoms with van der Waals surface area (Å²) in [6.45, 7) is 7.88. The van der Waals surface area contributed by atoms with Crippen LogP contribution < -0.4 is 5.73 Å². The van der Waals surface area contributed by atoms with Crippen molar-refractivity contribution in [2.24, 2.45) is 11.7 Å². The van der Waals surface area contributed by atoms with Gasteiger partial charge in [0.15, 0.2) is 0 Å². The van der Waals surface area contributed by atoms with Gasteiger partial charge in [-0.05, 0) is 49.4 Å². The maximum atomic E-state index is 12.5. The Morgan fingerprint density at radius 3 is 2.47 bits per heavy atom. The van der Waals surface area contributed by atoms with Crippen molar-refractivity contribution in [3.63, 3.8) is 0 Å². The molecule has 2 N–H and O–H groups in total. The molecule has 2 rings (SSSR count). The highest BCUT2D eigenvalue weighted by atomic mass is 16.2. The molecule has 0 spiro atoms. The minimum atomic E-state index is 0.138. The van der Waals surface area contributed by atoms with E-state index >= 15 is 0 Å². The molecular weight excluding hydrogens is 236 g/mol. The standard InChI is InChI=1S/C16H24N2O/c1-11(2)14-4-6-15(7-5-14)16(19)18-10-13(9-17)8-12(18)3/h4-7,11-13H,8-10,17H2,1-3H3. The summed E-state index contributed by atoms with van der Waals surface area (Å²) in [6, 6.07) is 8.30. The third kappa shape index (κ3) is 2.98. The molecule has 1 amide bonds. The average Bonchev–Trinajstić information content (AvgIpc) is 2.79. The highest BCUT2D eigenvalue weighted by molar-refractivity contribution is 5.94. The van der Waals surface area contributed by atoms with Crippen molar-refractivity contribution in [1.29, 1.82) is 0 Å². The van der Waals surface area contributed by atoms with Gasteiger partial charge in [-0.2, -0.15) is 0 Å². The maximum absolute atomic E-state index is 12.5. The first kappa shape index (κ1) is 14.1. The molecule has 1 fully saturated rings. The summed E-state index contributed by atoms with van der Waals surface area (Å²) in [6.07, 6.45) is 1.02. The lowest BCUT2D eigenvalue weighted by molar-refractivity contribution is 0.0743. The quantitative estimate of drug-likeness (QED) is 0.908. The fraction of sp³-hybridized carbons (Fsp3) is 0.562. The van der Waals surface area contributed by atoms with Gasteiger partial charge in [-0.15, -0.1) is 0 Å². The summed E-state index contributed by atoms with van der Waals surface area (Å²) in [4.78, 5) is 14.4. The van der Waals surface area contributed by atoms with Gasteiger partial charge in [0.25, 0.3) is 5.91 Å². The Hall–Kier alpha value is -1.35. The van der Waals surface area contributed by atoms with Gasteiger partial charge in [0, 0.05) is 18.2 Å². The Balaban J connectivity index is 2.11. The van der Waals surface area contributed by atoms with E-state index in [1.807, 2.05) is 17.0 Å². The SMILES string of the molecule is CC(C)c1ccc(C(=O)N2CC(CN)CC2C)cc1. The molecule has 0 bridgehead atoms. The summed E-state index contributed by atoms with van der Waals surface area (Å²) in [7, 11) is 0. The van der Waals surface area contributed by atoms with Crippen molar-refractivity contribution >= 4 is 5.91 Å². The third-order valence-electron chi connectivity index (χ3n) is 4.08. The van der Waals surface area contributed by atoms with Crippen molar-refractivity contribution in [2.45, 2.75) is 39.2 Å². The molecule has 19 heavy (non-hydrogen) atoms. The number of benzene rings is 1. The van der Waals surface area contributed by atoms with E-state index in [0.717, 1.165) is 18.5 Å². The molecule has 1 aromatic carbocycles. The number of rotatable bonds is 3. The first-order chi connectivity index (χ1) is 9.02. The van der Waals surface area contributed by atoms with E-state index in [-0.39, 0.29) is 5.91 Å². The van der Waals surface area contributed by atoms with E-state index in [2.05, 4.69) is 32.9 Å². The van der Waals surface area contributed by atoms with Gasteiger partial charge in [0.2, 0.25) is 0 Å². The van der Waals surface area contributed by atoms with E-state index in [1.165, 1.54) is 5.56 Å². The second-order valence-corrected chi connectivity index (χ2v) is 5.92. The fourth-order valence-electron chi connectivity index (χ4n) is 2.77. The normalized spacial score (nSPS) is 23.1. The summed E-state index contributed by atoms with van der Waals surface area (Å²) in [5, 5.41) is 0. The number of likely N-dealkylation sites (tertiary alicyclic amines) is 1. The Kier molecular flexibility index (Phi) is 4.25. The summed E-state index contributed by atoms with van der Waals surface area (Å²) in [5.74, 6) is 1.09. The molecule has 3 heteroatoms. The number of nitrogens with zero attached hydrogens (tertiary/aromatic N) is 1. The van der Waals surface area contributed by atoms with E-state index in [1.54, 1.807) is 0 Å². The highest BCUT2D eigenvalue weighted by Gasteiger charge is 2.31. The number of carbonyl (C=O) groups excluding carboxylic acids is 1. The van der Waals surface area contributed by atoms with Crippen molar-refractivity contribution in [3.8, 4) is 0 Å². The van der Waals surface area contributed by atoms with Crippen LogP contribution in [0.5, 0.6) is 0 Å². The number of carbonyl (C=O) groups is 1. The van der Waals surface area contributed by atoms with Crippen molar-refractivity contribution in [2.75, 3.05) is 13.1 Å². The number of hydrogen-bond donors (Lipinski definition) is 1. The molecule has 0 radical (unpaired) electrons. The van der Waals surface area contributed by atoms with Crippen LogP contribution in [0.2, 0.25) is 0 Å². The van der Waals surface area contributed by atoms with Gasteiger partial charge in [-0.25, -0.2) is 0 Å². The molecule has 0 saturated carbocycles. The number of hydrogen-bond acceptors (Lipinski definition) is 2. The van der Waals surface area contributed by atoms with Crippen LogP contribution in [-0.2, 0) is 0 Å². The Morgan fingerprint density at radius 2 is 2.00 bits per heavy atom. The first-order valence-corrected chi connectivity index (χ1v) is 7.14. The van der Waals surface area contributed by atoms with Crippen molar-refractivity contribution < 1.29 is 4.79 Å². The topological polar surface area (TPSA) is 46.3 Å². The number of nitrogens with two attached hydrogens (primary N) is 1. The molecule has 0 aromatic heterocycles. The largest absolute Gasteiger partial charge is 0.336 e. The zero-order valence-corrected chi connectivity index (χ0v) is 12.1. The predicted octanol–water partition coefficient (Wildman–Crippen LogP) is 2.62. The lowest BCUT2D eigenvalue weighted by Gasteiger charge is -2.21. The molecule has 1 aliphatic heterocycles. The van der Waals surface area contributed by atoms with Crippen molar-refractivity contribution in [1.82, 2.24) is 4.90 Å². The zero-order chi connectivity index (χ0) is 14.0. The summed E-state index contributed by atoms with van der Waals surface area (Å²) < 4.78 is 0. The number of amides is 1. The lowest BCUT2D eigenvalue weighted by Crippen LogP contribution is -2.34. The van der Waals surface area contributed by atoms with E-state index < -0.39 is 0 Å². The molecule has 1 saturated heterocycles.